The van der Waals surface area contributed by atoms with E-state index in [1.165, 1.54) is 11.8 Å². The van der Waals surface area contributed by atoms with Crippen LogP contribution in [-0.2, 0) is 10.5 Å². The molecule has 6 heteroatoms. The molecule has 0 aliphatic heterocycles. The summed E-state index contributed by atoms with van der Waals surface area (Å²) in [6.45, 7) is 2.54. The van der Waals surface area contributed by atoms with Crippen molar-refractivity contribution in [1.29, 1.82) is 0 Å². The van der Waals surface area contributed by atoms with Crippen molar-refractivity contribution >= 4 is 34.3 Å². The highest BCUT2D eigenvalue weighted by Crippen LogP contribution is 2.17. The summed E-state index contributed by atoms with van der Waals surface area (Å²) in [5, 5.41) is 3.53. The fraction of sp³-hybridized carbons (Fsp3) is 0.200. The summed E-state index contributed by atoms with van der Waals surface area (Å²) in [7, 11) is 0. The van der Waals surface area contributed by atoms with Crippen LogP contribution >= 0.6 is 11.8 Å². The molecule has 1 heterocycles. The fourth-order valence-corrected chi connectivity index (χ4v) is 3.32. The van der Waals surface area contributed by atoms with Gasteiger partial charge in [-0.1, -0.05) is 12.1 Å². The maximum absolute atomic E-state index is 12.1. The van der Waals surface area contributed by atoms with Gasteiger partial charge in [0.05, 0.1) is 12.4 Å². The SMILES string of the molecule is CCOc1ccc(NC(=O)CSCc2cc(=O)c3ccccc3[nH]2)cc1. The summed E-state index contributed by atoms with van der Waals surface area (Å²) in [6, 6.07) is 16.3. The van der Waals surface area contributed by atoms with E-state index in [-0.39, 0.29) is 11.3 Å². The lowest BCUT2D eigenvalue weighted by molar-refractivity contribution is -0.113. The van der Waals surface area contributed by atoms with E-state index in [1.54, 1.807) is 12.1 Å². The van der Waals surface area contributed by atoms with Crippen LogP contribution in [0.2, 0.25) is 0 Å². The molecule has 0 spiro atoms. The van der Waals surface area contributed by atoms with Crippen molar-refractivity contribution in [2.45, 2.75) is 12.7 Å². The molecule has 2 N–H and O–H groups in total. The zero-order valence-electron chi connectivity index (χ0n) is 14.5. The standard InChI is InChI=1S/C20H20N2O3S/c1-2-25-16-9-7-14(8-10-16)22-20(24)13-26-12-15-11-19(23)17-5-3-4-6-18(17)21-15/h3-11H,2,12-13H2,1H3,(H,21,23)(H,22,24). The molecule has 0 bridgehead atoms. The van der Waals surface area contributed by atoms with Crippen molar-refractivity contribution in [1.82, 2.24) is 4.98 Å². The lowest BCUT2D eigenvalue weighted by Crippen LogP contribution is -2.14. The van der Waals surface area contributed by atoms with E-state index in [2.05, 4.69) is 10.3 Å². The van der Waals surface area contributed by atoms with E-state index >= 15 is 0 Å². The number of thioether (sulfide) groups is 1. The summed E-state index contributed by atoms with van der Waals surface area (Å²) in [4.78, 5) is 27.4. The summed E-state index contributed by atoms with van der Waals surface area (Å²) >= 11 is 1.46. The number of pyridine rings is 1. The topological polar surface area (TPSA) is 71.2 Å². The molecule has 26 heavy (non-hydrogen) atoms. The van der Waals surface area contributed by atoms with Gasteiger partial charge in [0.1, 0.15) is 5.75 Å². The number of benzene rings is 2. The van der Waals surface area contributed by atoms with Gasteiger partial charge in [-0.3, -0.25) is 9.59 Å². The molecule has 1 amide bonds. The molecule has 0 unspecified atom stereocenters. The molecule has 0 aliphatic carbocycles. The van der Waals surface area contributed by atoms with Crippen molar-refractivity contribution < 1.29 is 9.53 Å². The number of amides is 1. The molecule has 3 aromatic rings. The highest BCUT2D eigenvalue weighted by Gasteiger charge is 2.06. The zero-order valence-corrected chi connectivity index (χ0v) is 15.3. The van der Waals surface area contributed by atoms with Crippen molar-refractivity contribution in [2.75, 3.05) is 17.7 Å². The summed E-state index contributed by atoms with van der Waals surface area (Å²) in [5.74, 6) is 1.57. The lowest BCUT2D eigenvalue weighted by atomic mass is 10.2. The largest absolute Gasteiger partial charge is 0.494 e. The molecule has 0 fully saturated rings. The average Bonchev–Trinajstić information content (AvgIpc) is 2.64. The molecule has 0 aliphatic rings. The molecule has 2 aromatic carbocycles. The molecule has 1 aromatic heterocycles. The Balaban J connectivity index is 1.53. The Morgan fingerprint density at radius 3 is 2.69 bits per heavy atom. The number of anilines is 1. The van der Waals surface area contributed by atoms with Gasteiger partial charge >= 0.3 is 0 Å². The van der Waals surface area contributed by atoms with Gasteiger partial charge in [0.2, 0.25) is 5.91 Å². The summed E-state index contributed by atoms with van der Waals surface area (Å²) < 4.78 is 5.37. The summed E-state index contributed by atoms with van der Waals surface area (Å²) in [5.41, 5.74) is 2.36. The second-order valence-corrected chi connectivity index (χ2v) is 6.69. The smallest absolute Gasteiger partial charge is 0.234 e. The first-order chi connectivity index (χ1) is 12.7. The van der Waals surface area contributed by atoms with E-state index in [4.69, 9.17) is 4.74 Å². The number of carbonyl (C=O) groups excluding carboxylic acids is 1. The first-order valence-electron chi connectivity index (χ1n) is 8.37. The molecule has 0 saturated heterocycles. The molecule has 0 radical (unpaired) electrons. The Morgan fingerprint density at radius 2 is 1.92 bits per heavy atom. The third-order valence-electron chi connectivity index (χ3n) is 3.73. The number of ether oxygens (including phenoxy) is 1. The van der Waals surface area contributed by atoms with E-state index in [9.17, 15) is 9.59 Å². The van der Waals surface area contributed by atoms with Crippen LogP contribution in [0.1, 0.15) is 12.6 Å². The molecule has 0 saturated carbocycles. The molecular weight excluding hydrogens is 348 g/mol. The maximum Gasteiger partial charge on any atom is 0.234 e. The van der Waals surface area contributed by atoms with Gasteiger partial charge in [0, 0.05) is 34.1 Å². The van der Waals surface area contributed by atoms with Gasteiger partial charge < -0.3 is 15.0 Å². The highest BCUT2D eigenvalue weighted by atomic mass is 32.2. The van der Waals surface area contributed by atoms with E-state index < -0.39 is 0 Å². The molecule has 134 valence electrons. The number of para-hydroxylation sites is 1. The predicted molar refractivity (Wildman–Crippen MR) is 107 cm³/mol. The van der Waals surface area contributed by atoms with Crippen LogP contribution in [0.15, 0.2) is 59.4 Å². The number of rotatable bonds is 7. The average molecular weight is 368 g/mol. The van der Waals surface area contributed by atoms with Gasteiger partial charge in [0.25, 0.3) is 0 Å². The quantitative estimate of drug-likeness (QED) is 0.665. The fourth-order valence-electron chi connectivity index (χ4n) is 2.58. The number of H-pyrrole nitrogens is 1. The van der Waals surface area contributed by atoms with Crippen molar-refractivity contribution in [2.24, 2.45) is 0 Å². The number of hydrogen-bond donors (Lipinski definition) is 2. The minimum Gasteiger partial charge on any atom is -0.494 e. The Labute approximate surface area is 155 Å². The van der Waals surface area contributed by atoms with Crippen LogP contribution in [0.5, 0.6) is 5.75 Å². The minimum atomic E-state index is -0.0812. The number of aromatic nitrogens is 1. The Kier molecular flexibility index (Phi) is 5.96. The third kappa shape index (κ3) is 4.67. The van der Waals surface area contributed by atoms with Crippen molar-refractivity contribution in [3.8, 4) is 5.75 Å². The summed E-state index contributed by atoms with van der Waals surface area (Å²) in [6.07, 6.45) is 0. The normalized spacial score (nSPS) is 10.7. The first-order valence-corrected chi connectivity index (χ1v) is 9.52. The maximum atomic E-state index is 12.1. The zero-order chi connectivity index (χ0) is 18.4. The second kappa shape index (κ2) is 8.58. The first kappa shape index (κ1) is 18.1. The van der Waals surface area contributed by atoms with Gasteiger partial charge in [-0.25, -0.2) is 0 Å². The van der Waals surface area contributed by atoms with E-state index in [1.807, 2.05) is 49.4 Å². The van der Waals surface area contributed by atoms with Crippen LogP contribution in [0, 0.1) is 0 Å². The second-order valence-electron chi connectivity index (χ2n) is 5.70. The monoisotopic (exact) mass is 368 g/mol. The van der Waals surface area contributed by atoms with Crippen molar-refractivity contribution in [3.05, 3.63) is 70.5 Å². The lowest BCUT2D eigenvalue weighted by Gasteiger charge is -2.07. The van der Waals surface area contributed by atoms with E-state index in [0.29, 0.717) is 23.5 Å². The van der Waals surface area contributed by atoms with Gasteiger partial charge in [-0.15, -0.1) is 11.8 Å². The van der Waals surface area contributed by atoms with Crippen LogP contribution in [0.4, 0.5) is 5.69 Å². The van der Waals surface area contributed by atoms with Crippen LogP contribution in [-0.4, -0.2) is 23.3 Å². The van der Waals surface area contributed by atoms with Crippen molar-refractivity contribution in [3.63, 3.8) is 0 Å². The minimum absolute atomic E-state index is 0.00575. The van der Waals surface area contributed by atoms with Gasteiger partial charge in [0.15, 0.2) is 5.43 Å². The van der Waals surface area contributed by atoms with Gasteiger partial charge in [-0.05, 0) is 43.3 Å². The molecular formula is C20H20N2O3S. The van der Waals surface area contributed by atoms with Gasteiger partial charge in [-0.2, -0.15) is 0 Å². The number of aromatic amines is 1. The number of hydrogen-bond acceptors (Lipinski definition) is 4. The predicted octanol–water partition coefficient (Wildman–Crippen LogP) is 3.80. The van der Waals surface area contributed by atoms with Crippen LogP contribution in [0.25, 0.3) is 10.9 Å². The number of nitrogens with one attached hydrogen (secondary N) is 2. The number of carbonyl (C=O) groups is 1. The van der Waals surface area contributed by atoms with Crippen LogP contribution in [0.3, 0.4) is 0 Å². The van der Waals surface area contributed by atoms with Crippen LogP contribution < -0.4 is 15.5 Å². The number of fused-ring (bicyclic) bond motifs is 1. The van der Waals surface area contributed by atoms with E-state index in [0.717, 1.165) is 22.6 Å². The molecule has 5 nitrogen and oxygen atoms in total. The highest BCUT2D eigenvalue weighted by molar-refractivity contribution is 7.99. The Hall–Kier alpha value is -2.73. The Bertz CT molecular complexity index is 951. The molecule has 0 atom stereocenters. The molecule has 3 rings (SSSR count). The third-order valence-corrected chi connectivity index (χ3v) is 4.71. The Morgan fingerprint density at radius 1 is 1.15 bits per heavy atom.